The van der Waals surface area contributed by atoms with E-state index in [4.69, 9.17) is 4.74 Å². The topological polar surface area (TPSA) is 53.6 Å². The molecule has 3 rings (SSSR count). The van der Waals surface area contributed by atoms with E-state index in [0.717, 1.165) is 48.9 Å². The van der Waals surface area contributed by atoms with Gasteiger partial charge >= 0.3 is 0 Å². The van der Waals surface area contributed by atoms with Gasteiger partial charge in [-0.1, -0.05) is 0 Å². The van der Waals surface area contributed by atoms with Crippen molar-refractivity contribution in [2.75, 3.05) is 43.5 Å². The van der Waals surface area contributed by atoms with E-state index in [2.05, 4.69) is 21.6 Å². The molecule has 1 amide bonds. The lowest BCUT2D eigenvalue weighted by molar-refractivity contribution is -0.115. The van der Waals surface area contributed by atoms with Gasteiger partial charge in [0.1, 0.15) is 5.75 Å². The van der Waals surface area contributed by atoms with Gasteiger partial charge in [0.25, 0.3) is 0 Å². The second-order valence-corrected chi connectivity index (χ2v) is 4.64. The van der Waals surface area contributed by atoms with Crippen molar-refractivity contribution in [1.29, 1.82) is 0 Å². The van der Waals surface area contributed by atoms with E-state index in [9.17, 15) is 4.79 Å². The summed E-state index contributed by atoms with van der Waals surface area (Å²) in [6.07, 6.45) is 0.450. The first-order valence-corrected chi connectivity index (χ1v) is 6.24. The van der Waals surface area contributed by atoms with Gasteiger partial charge in [-0.25, -0.2) is 0 Å². The molecule has 1 fully saturated rings. The number of piperazine rings is 1. The van der Waals surface area contributed by atoms with E-state index in [1.54, 1.807) is 7.11 Å². The average molecular weight is 247 g/mol. The Bertz CT molecular complexity index is 481. The third-order valence-corrected chi connectivity index (χ3v) is 3.49. The predicted octanol–water partition coefficient (Wildman–Crippen LogP) is 0.599. The van der Waals surface area contributed by atoms with Crippen molar-refractivity contribution in [2.24, 2.45) is 0 Å². The summed E-state index contributed by atoms with van der Waals surface area (Å²) >= 11 is 0. The molecule has 2 aliphatic heterocycles. The summed E-state index contributed by atoms with van der Waals surface area (Å²) in [6, 6.07) is 4.11. The standard InChI is InChI=1S/C13H17N3O2/c1-18-11-8-10(16-4-2-14-3-5-16)6-9-7-12(17)15-13(9)11/h6,8,14H,2-5,7H2,1H3,(H,15,17). The molecule has 5 nitrogen and oxygen atoms in total. The molecule has 0 saturated carbocycles. The van der Waals surface area contributed by atoms with Crippen molar-refractivity contribution in [3.63, 3.8) is 0 Å². The first-order valence-electron chi connectivity index (χ1n) is 6.24. The minimum absolute atomic E-state index is 0.0424. The normalized spacial score (nSPS) is 18.5. The van der Waals surface area contributed by atoms with Crippen LogP contribution in [0.2, 0.25) is 0 Å². The lowest BCUT2D eigenvalue weighted by atomic mass is 10.1. The van der Waals surface area contributed by atoms with Crippen LogP contribution in [0, 0.1) is 0 Å². The third-order valence-electron chi connectivity index (χ3n) is 3.49. The van der Waals surface area contributed by atoms with Gasteiger partial charge in [0, 0.05) is 37.9 Å². The fraction of sp³-hybridized carbons (Fsp3) is 0.462. The zero-order chi connectivity index (χ0) is 12.5. The molecule has 5 heteroatoms. The van der Waals surface area contributed by atoms with Crippen LogP contribution in [-0.4, -0.2) is 39.2 Å². The highest BCUT2D eigenvalue weighted by atomic mass is 16.5. The third kappa shape index (κ3) is 1.90. The molecule has 0 unspecified atom stereocenters. The second-order valence-electron chi connectivity index (χ2n) is 4.64. The number of fused-ring (bicyclic) bond motifs is 1. The second kappa shape index (κ2) is 4.49. The Hall–Kier alpha value is -1.75. The molecule has 2 N–H and O–H groups in total. The molecular weight excluding hydrogens is 230 g/mol. The van der Waals surface area contributed by atoms with Crippen LogP contribution in [0.3, 0.4) is 0 Å². The minimum atomic E-state index is 0.0424. The molecule has 1 saturated heterocycles. The predicted molar refractivity (Wildman–Crippen MR) is 70.4 cm³/mol. The highest BCUT2D eigenvalue weighted by Crippen LogP contribution is 2.37. The van der Waals surface area contributed by atoms with Crippen molar-refractivity contribution in [1.82, 2.24) is 5.32 Å². The molecule has 0 bridgehead atoms. The molecule has 1 aromatic rings. The fourth-order valence-electron chi connectivity index (χ4n) is 2.56. The van der Waals surface area contributed by atoms with Crippen LogP contribution < -0.4 is 20.3 Å². The van der Waals surface area contributed by atoms with Crippen molar-refractivity contribution < 1.29 is 9.53 Å². The summed E-state index contributed by atoms with van der Waals surface area (Å²) in [5.41, 5.74) is 3.01. The number of nitrogens with one attached hydrogen (secondary N) is 2. The van der Waals surface area contributed by atoms with E-state index >= 15 is 0 Å². The van der Waals surface area contributed by atoms with E-state index in [-0.39, 0.29) is 5.91 Å². The van der Waals surface area contributed by atoms with Crippen LogP contribution in [0.4, 0.5) is 11.4 Å². The number of hydrogen-bond acceptors (Lipinski definition) is 4. The summed E-state index contributed by atoms with van der Waals surface area (Å²) in [5.74, 6) is 0.799. The molecule has 96 valence electrons. The van der Waals surface area contributed by atoms with Crippen molar-refractivity contribution >= 4 is 17.3 Å². The number of methoxy groups -OCH3 is 1. The van der Waals surface area contributed by atoms with E-state index < -0.39 is 0 Å². The number of carbonyl (C=O) groups excluding carboxylic acids is 1. The molecule has 0 aliphatic carbocycles. The Kier molecular flexibility index (Phi) is 2.83. The van der Waals surface area contributed by atoms with Crippen LogP contribution in [0.15, 0.2) is 12.1 Å². The summed E-state index contributed by atoms with van der Waals surface area (Å²) < 4.78 is 5.38. The van der Waals surface area contributed by atoms with Crippen molar-refractivity contribution in [2.45, 2.75) is 6.42 Å². The van der Waals surface area contributed by atoms with Gasteiger partial charge in [0.2, 0.25) is 5.91 Å². The van der Waals surface area contributed by atoms with Crippen LogP contribution in [0.25, 0.3) is 0 Å². The zero-order valence-corrected chi connectivity index (χ0v) is 10.5. The lowest BCUT2D eigenvalue weighted by Crippen LogP contribution is -2.43. The van der Waals surface area contributed by atoms with Gasteiger partial charge in [-0.3, -0.25) is 4.79 Å². The molecule has 0 aromatic heterocycles. The van der Waals surface area contributed by atoms with Crippen LogP contribution in [-0.2, 0) is 11.2 Å². The maximum Gasteiger partial charge on any atom is 0.228 e. The minimum Gasteiger partial charge on any atom is -0.494 e. The average Bonchev–Trinajstić information content (AvgIpc) is 2.78. The fourth-order valence-corrected chi connectivity index (χ4v) is 2.56. The first-order chi connectivity index (χ1) is 8.78. The van der Waals surface area contributed by atoms with Crippen molar-refractivity contribution in [3.05, 3.63) is 17.7 Å². The Morgan fingerprint density at radius 1 is 1.28 bits per heavy atom. The number of carbonyl (C=O) groups is 1. The monoisotopic (exact) mass is 247 g/mol. The Balaban J connectivity index is 1.96. The van der Waals surface area contributed by atoms with Crippen LogP contribution in [0.1, 0.15) is 5.56 Å². The summed E-state index contributed by atoms with van der Waals surface area (Å²) in [7, 11) is 1.64. The number of amides is 1. The summed E-state index contributed by atoms with van der Waals surface area (Å²) in [4.78, 5) is 13.8. The van der Waals surface area contributed by atoms with Crippen LogP contribution >= 0.6 is 0 Å². The van der Waals surface area contributed by atoms with Gasteiger partial charge in [0.15, 0.2) is 0 Å². The van der Waals surface area contributed by atoms with Crippen molar-refractivity contribution in [3.8, 4) is 5.75 Å². The van der Waals surface area contributed by atoms with Gasteiger partial charge in [-0.2, -0.15) is 0 Å². The maximum absolute atomic E-state index is 11.5. The van der Waals surface area contributed by atoms with Crippen LogP contribution in [0.5, 0.6) is 5.75 Å². The van der Waals surface area contributed by atoms with Gasteiger partial charge in [-0.05, 0) is 11.6 Å². The molecule has 0 atom stereocenters. The number of hydrogen-bond donors (Lipinski definition) is 2. The molecule has 0 spiro atoms. The number of benzene rings is 1. The number of nitrogens with zero attached hydrogens (tertiary/aromatic N) is 1. The molecule has 1 aromatic carbocycles. The number of anilines is 2. The number of rotatable bonds is 2. The molecular formula is C13H17N3O2. The quantitative estimate of drug-likeness (QED) is 0.803. The highest BCUT2D eigenvalue weighted by Gasteiger charge is 2.24. The SMILES string of the molecule is COc1cc(N2CCNCC2)cc2c1NC(=O)C2. The molecule has 0 radical (unpaired) electrons. The highest BCUT2D eigenvalue weighted by molar-refractivity contribution is 6.01. The zero-order valence-electron chi connectivity index (χ0n) is 10.5. The Morgan fingerprint density at radius 2 is 2.06 bits per heavy atom. The van der Waals surface area contributed by atoms with E-state index in [0.29, 0.717) is 6.42 Å². The maximum atomic E-state index is 11.5. The lowest BCUT2D eigenvalue weighted by Gasteiger charge is -2.30. The molecule has 2 heterocycles. The molecule has 18 heavy (non-hydrogen) atoms. The van der Waals surface area contributed by atoms with E-state index in [1.807, 2.05) is 6.07 Å². The Morgan fingerprint density at radius 3 is 2.78 bits per heavy atom. The summed E-state index contributed by atoms with van der Waals surface area (Å²) in [6.45, 7) is 3.97. The Labute approximate surface area is 106 Å². The van der Waals surface area contributed by atoms with E-state index in [1.165, 1.54) is 0 Å². The largest absolute Gasteiger partial charge is 0.494 e. The number of ether oxygens (including phenoxy) is 1. The first kappa shape index (κ1) is 11.3. The van der Waals surface area contributed by atoms with Gasteiger partial charge in [0.05, 0.1) is 19.2 Å². The smallest absolute Gasteiger partial charge is 0.228 e. The summed E-state index contributed by atoms with van der Waals surface area (Å²) in [5, 5.41) is 6.19. The van der Waals surface area contributed by atoms with Gasteiger partial charge < -0.3 is 20.3 Å². The molecule has 2 aliphatic rings. The van der Waals surface area contributed by atoms with Gasteiger partial charge in [-0.15, -0.1) is 0 Å².